The van der Waals surface area contributed by atoms with Crippen molar-refractivity contribution in [2.45, 2.75) is 32.1 Å². The molecule has 0 amide bonds. The molecule has 0 spiro atoms. The quantitative estimate of drug-likeness (QED) is 0.782. The smallest absolute Gasteiger partial charge is 0.307 e. The first-order chi connectivity index (χ1) is 10.1. The van der Waals surface area contributed by atoms with Gasteiger partial charge < -0.3 is 10.0 Å². The standard InChI is InChI=1S/C15H24N2O4S/c1-10-8-11(2)15(12(3)13(10)9-14(18)19)22(20,21)16-6-7-17(4)5/h8,16H,6-7,9H2,1-5H3,(H,18,19). The minimum Gasteiger partial charge on any atom is -0.481 e. The van der Waals surface area contributed by atoms with Crippen LogP contribution in [0.25, 0.3) is 0 Å². The van der Waals surface area contributed by atoms with Crippen LogP contribution in [-0.4, -0.2) is 51.6 Å². The Labute approximate surface area is 132 Å². The average Bonchev–Trinajstić information content (AvgIpc) is 2.32. The van der Waals surface area contributed by atoms with Gasteiger partial charge >= 0.3 is 5.97 Å². The lowest BCUT2D eigenvalue weighted by Gasteiger charge is -2.18. The van der Waals surface area contributed by atoms with Crippen LogP contribution in [0.4, 0.5) is 0 Å². The highest BCUT2D eigenvalue weighted by Gasteiger charge is 2.23. The molecule has 0 radical (unpaired) electrons. The molecule has 0 bridgehead atoms. The zero-order valence-corrected chi connectivity index (χ0v) is 14.5. The molecular formula is C15H24N2O4S. The fourth-order valence-electron chi connectivity index (χ4n) is 2.52. The molecule has 1 aromatic rings. The third kappa shape index (κ3) is 4.53. The van der Waals surface area contributed by atoms with E-state index in [0.717, 1.165) is 5.56 Å². The average molecular weight is 328 g/mol. The van der Waals surface area contributed by atoms with Gasteiger partial charge in [0.15, 0.2) is 0 Å². The van der Waals surface area contributed by atoms with Gasteiger partial charge in [-0.2, -0.15) is 0 Å². The van der Waals surface area contributed by atoms with Crippen molar-refractivity contribution in [3.63, 3.8) is 0 Å². The lowest BCUT2D eigenvalue weighted by molar-refractivity contribution is -0.136. The molecule has 0 aliphatic carbocycles. The molecule has 0 heterocycles. The van der Waals surface area contributed by atoms with Gasteiger partial charge in [-0.25, -0.2) is 13.1 Å². The number of sulfonamides is 1. The van der Waals surface area contributed by atoms with Gasteiger partial charge in [0.25, 0.3) is 0 Å². The number of aliphatic carboxylic acids is 1. The normalized spacial score (nSPS) is 11.9. The summed E-state index contributed by atoms with van der Waals surface area (Å²) in [6.07, 6.45) is -0.182. The van der Waals surface area contributed by atoms with Crippen LogP contribution in [-0.2, 0) is 21.2 Å². The molecule has 1 rings (SSSR count). The van der Waals surface area contributed by atoms with Crippen molar-refractivity contribution in [2.75, 3.05) is 27.2 Å². The van der Waals surface area contributed by atoms with Gasteiger partial charge in [0.05, 0.1) is 11.3 Å². The number of nitrogens with zero attached hydrogens (tertiary/aromatic N) is 1. The highest BCUT2D eigenvalue weighted by molar-refractivity contribution is 7.89. The van der Waals surface area contributed by atoms with Gasteiger partial charge in [0.2, 0.25) is 10.0 Å². The first-order valence-corrected chi connectivity index (χ1v) is 8.50. The highest BCUT2D eigenvalue weighted by atomic mass is 32.2. The van der Waals surface area contributed by atoms with Gasteiger partial charge in [-0.3, -0.25) is 4.79 Å². The number of carboxylic acid groups (broad SMARTS) is 1. The molecular weight excluding hydrogens is 304 g/mol. The highest BCUT2D eigenvalue weighted by Crippen LogP contribution is 2.26. The van der Waals surface area contributed by atoms with Crippen molar-refractivity contribution in [3.8, 4) is 0 Å². The van der Waals surface area contributed by atoms with E-state index in [4.69, 9.17) is 5.11 Å². The van der Waals surface area contributed by atoms with Crippen LogP contribution in [0.3, 0.4) is 0 Å². The first kappa shape index (κ1) is 18.6. The van der Waals surface area contributed by atoms with Crippen molar-refractivity contribution >= 4 is 16.0 Å². The minimum atomic E-state index is -3.66. The van der Waals surface area contributed by atoms with Gasteiger partial charge in [-0.15, -0.1) is 0 Å². The lowest BCUT2D eigenvalue weighted by atomic mass is 9.97. The largest absolute Gasteiger partial charge is 0.481 e. The molecule has 7 heteroatoms. The Morgan fingerprint density at radius 3 is 2.32 bits per heavy atom. The second-order valence-corrected chi connectivity index (χ2v) is 7.42. The number of carbonyl (C=O) groups is 1. The summed E-state index contributed by atoms with van der Waals surface area (Å²) in [5, 5.41) is 9.01. The minimum absolute atomic E-state index is 0.182. The van der Waals surface area contributed by atoms with Crippen molar-refractivity contribution in [1.82, 2.24) is 9.62 Å². The van der Waals surface area contributed by atoms with Gasteiger partial charge in [-0.1, -0.05) is 6.07 Å². The van der Waals surface area contributed by atoms with Crippen LogP contribution >= 0.6 is 0 Å². The monoisotopic (exact) mass is 328 g/mol. The SMILES string of the molecule is Cc1cc(C)c(S(=O)(=O)NCCN(C)C)c(C)c1CC(=O)O. The number of nitrogens with one attached hydrogen (secondary N) is 1. The van der Waals surface area contributed by atoms with E-state index in [9.17, 15) is 13.2 Å². The number of benzene rings is 1. The summed E-state index contributed by atoms with van der Waals surface area (Å²) < 4.78 is 27.6. The van der Waals surface area contributed by atoms with E-state index < -0.39 is 16.0 Å². The number of hydrogen-bond donors (Lipinski definition) is 2. The molecule has 0 aliphatic heterocycles. The van der Waals surface area contributed by atoms with Crippen LogP contribution in [0.1, 0.15) is 22.3 Å². The maximum Gasteiger partial charge on any atom is 0.307 e. The maximum absolute atomic E-state index is 12.5. The van der Waals surface area contributed by atoms with E-state index in [0.29, 0.717) is 29.8 Å². The molecule has 0 unspecified atom stereocenters. The number of carboxylic acids is 1. The van der Waals surface area contributed by atoms with Crippen LogP contribution in [0.15, 0.2) is 11.0 Å². The van der Waals surface area contributed by atoms with Crippen molar-refractivity contribution in [3.05, 3.63) is 28.3 Å². The molecule has 124 valence electrons. The van der Waals surface area contributed by atoms with E-state index in [2.05, 4.69) is 4.72 Å². The molecule has 0 saturated carbocycles. The Balaban J connectivity index is 3.25. The second kappa shape index (κ2) is 7.21. The summed E-state index contributed by atoms with van der Waals surface area (Å²) in [7, 11) is 0.0635. The van der Waals surface area contributed by atoms with Crippen molar-refractivity contribution in [1.29, 1.82) is 0 Å². The van der Waals surface area contributed by atoms with E-state index >= 15 is 0 Å². The maximum atomic E-state index is 12.5. The zero-order valence-electron chi connectivity index (χ0n) is 13.7. The van der Waals surface area contributed by atoms with E-state index in [1.165, 1.54) is 0 Å². The van der Waals surface area contributed by atoms with Crippen molar-refractivity contribution in [2.24, 2.45) is 0 Å². The third-order valence-electron chi connectivity index (χ3n) is 3.51. The summed E-state index contributed by atoms with van der Waals surface area (Å²) in [5.74, 6) is -0.973. The van der Waals surface area contributed by atoms with E-state index in [-0.39, 0.29) is 11.3 Å². The summed E-state index contributed by atoms with van der Waals surface area (Å²) in [6, 6.07) is 1.73. The topological polar surface area (TPSA) is 86.7 Å². The van der Waals surface area contributed by atoms with Gasteiger partial charge in [-0.05, 0) is 57.1 Å². The fraction of sp³-hybridized carbons (Fsp3) is 0.533. The van der Waals surface area contributed by atoms with Crippen LogP contribution in [0, 0.1) is 20.8 Å². The summed E-state index contributed by atoms with van der Waals surface area (Å²) in [4.78, 5) is 13.1. The van der Waals surface area contributed by atoms with Crippen LogP contribution in [0.2, 0.25) is 0 Å². The predicted molar refractivity (Wildman–Crippen MR) is 85.7 cm³/mol. The first-order valence-electron chi connectivity index (χ1n) is 7.02. The number of hydrogen-bond acceptors (Lipinski definition) is 4. The lowest BCUT2D eigenvalue weighted by Crippen LogP contribution is -2.32. The van der Waals surface area contributed by atoms with Crippen LogP contribution < -0.4 is 4.72 Å². The second-order valence-electron chi connectivity index (χ2n) is 5.71. The summed E-state index contributed by atoms with van der Waals surface area (Å²) in [6.45, 7) is 6.08. The molecule has 6 nitrogen and oxygen atoms in total. The summed E-state index contributed by atoms with van der Waals surface area (Å²) in [5.41, 5.74) is 2.49. The fourth-order valence-corrected chi connectivity index (χ4v) is 4.03. The number of aryl methyl sites for hydroxylation is 2. The molecule has 0 aromatic heterocycles. The van der Waals surface area contributed by atoms with E-state index in [1.807, 2.05) is 19.0 Å². The molecule has 0 saturated heterocycles. The van der Waals surface area contributed by atoms with E-state index in [1.54, 1.807) is 26.8 Å². The Bertz CT molecular complexity index is 667. The predicted octanol–water partition coefficient (Wildman–Crippen LogP) is 1.08. The van der Waals surface area contributed by atoms with Crippen LogP contribution in [0.5, 0.6) is 0 Å². The van der Waals surface area contributed by atoms with Gasteiger partial charge in [0.1, 0.15) is 0 Å². The molecule has 0 atom stereocenters. The molecule has 1 aromatic carbocycles. The zero-order chi connectivity index (χ0) is 17.1. The van der Waals surface area contributed by atoms with Crippen molar-refractivity contribution < 1.29 is 18.3 Å². The molecule has 0 fully saturated rings. The van der Waals surface area contributed by atoms with Gasteiger partial charge in [0, 0.05) is 13.1 Å². The number of likely N-dealkylation sites (N-methyl/N-ethyl adjacent to an activating group) is 1. The summed E-state index contributed by atoms with van der Waals surface area (Å²) >= 11 is 0. The third-order valence-corrected chi connectivity index (χ3v) is 5.26. The molecule has 22 heavy (non-hydrogen) atoms. The molecule has 0 aliphatic rings. The Morgan fingerprint density at radius 1 is 1.23 bits per heavy atom. The number of rotatable bonds is 7. The molecule has 2 N–H and O–H groups in total. The Morgan fingerprint density at radius 2 is 1.82 bits per heavy atom. The Kier molecular flexibility index (Phi) is 6.10. The Hall–Kier alpha value is -1.44.